The molecule has 2 amide bonds. The second kappa shape index (κ2) is 8.16. The minimum Gasteiger partial charge on any atom is -0.481 e. The van der Waals surface area contributed by atoms with Crippen LogP contribution in [0.2, 0.25) is 0 Å². The van der Waals surface area contributed by atoms with Crippen molar-refractivity contribution in [3.8, 4) is 0 Å². The van der Waals surface area contributed by atoms with Crippen LogP contribution in [0.4, 0.5) is 10.5 Å². The Morgan fingerprint density at radius 2 is 2.00 bits per heavy atom. The molecular weight excluding hydrogens is 260 g/mol. The van der Waals surface area contributed by atoms with Gasteiger partial charge in [-0.15, -0.1) is 0 Å². The molecule has 2 N–H and O–H groups in total. The molecule has 0 fully saturated rings. The van der Waals surface area contributed by atoms with E-state index in [-0.39, 0.29) is 25.1 Å². The highest BCUT2D eigenvalue weighted by Gasteiger charge is 2.17. The van der Waals surface area contributed by atoms with Crippen LogP contribution in [0, 0.1) is 0 Å². The molecule has 0 heterocycles. The van der Waals surface area contributed by atoms with Crippen molar-refractivity contribution in [3.05, 3.63) is 30.3 Å². The fourth-order valence-corrected chi connectivity index (χ4v) is 1.57. The van der Waals surface area contributed by atoms with Crippen molar-refractivity contribution in [2.24, 2.45) is 0 Å². The Morgan fingerprint density at radius 1 is 1.35 bits per heavy atom. The zero-order chi connectivity index (χ0) is 15.0. The summed E-state index contributed by atoms with van der Waals surface area (Å²) >= 11 is 0. The maximum absolute atomic E-state index is 12.1. The van der Waals surface area contributed by atoms with E-state index in [9.17, 15) is 9.59 Å². The van der Waals surface area contributed by atoms with Crippen molar-refractivity contribution in [2.75, 3.05) is 25.1 Å². The molecule has 1 rings (SSSR count). The van der Waals surface area contributed by atoms with Gasteiger partial charge in [-0.1, -0.05) is 18.2 Å². The highest BCUT2D eigenvalue weighted by atomic mass is 16.5. The SMILES string of the molecule is COC(C)CNC(=O)N(CCC(=O)O)c1ccccc1. The van der Waals surface area contributed by atoms with Crippen molar-refractivity contribution >= 4 is 17.7 Å². The number of carbonyl (C=O) groups excluding carboxylic acids is 1. The first-order valence-corrected chi connectivity index (χ1v) is 6.39. The largest absolute Gasteiger partial charge is 0.481 e. The maximum atomic E-state index is 12.1. The fourth-order valence-electron chi connectivity index (χ4n) is 1.57. The van der Waals surface area contributed by atoms with Crippen LogP contribution in [0.15, 0.2) is 30.3 Å². The van der Waals surface area contributed by atoms with Crippen molar-refractivity contribution < 1.29 is 19.4 Å². The van der Waals surface area contributed by atoms with Crippen molar-refractivity contribution in [1.82, 2.24) is 5.32 Å². The Bertz CT molecular complexity index is 436. The van der Waals surface area contributed by atoms with Gasteiger partial charge in [0.05, 0.1) is 12.5 Å². The first-order valence-electron chi connectivity index (χ1n) is 6.39. The van der Waals surface area contributed by atoms with Gasteiger partial charge in [0.25, 0.3) is 0 Å². The number of carbonyl (C=O) groups is 2. The average molecular weight is 280 g/mol. The Hall–Kier alpha value is -2.08. The molecule has 6 heteroatoms. The number of benzene rings is 1. The Morgan fingerprint density at radius 3 is 2.55 bits per heavy atom. The second-order valence-corrected chi connectivity index (χ2v) is 4.36. The summed E-state index contributed by atoms with van der Waals surface area (Å²) in [5.41, 5.74) is 0.663. The number of anilines is 1. The highest BCUT2D eigenvalue weighted by Crippen LogP contribution is 2.13. The average Bonchev–Trinajstić information content (AvgIpc) is 2.45. The minimum absolute atomic E-state index is 0.101. The van der Waals surface area contributed by atoms with Gasteiger partial charge in [0.2, 0.25) is 0 Å². The van der Waals surface area contributed by atoms with Crippen LogP contribution in [-0.4, -0.2) is 43.4 Å². The quantitative estimate of drug-likeness (QED) is 0.797. The standard InChI is InChI=1S/C14H20N2O4/c1-11(20-2)10-15-14(19)16(9-8-13(17)18)12-6-4-3-5-7-12/h3-7,11H,8-10H2,1-2H3,(H,15,19)(H,17,18). The number of para-hydroxylation sites is 1. The molecule has 1 atom stereocenters. The molecule has 0 aromatic heterocycles. The molecular formula is C14H20N2O4. The van der Waals surface area contributed by atoms with E-state index in [0.29, 0.717) is 12.2 Å². The van der Waals surface area contributed by atoms with Crippen LogP contribution < -0.4 is 10.2 Å². The minimum atomic E-state index is -0.941. The molecule has 0 radical (unpaired) electrons. The van der Waals surface area contributed by atoms with Crippen LogP contribution in [-0.2, 0) is 9.53 Å². The number of ether oxygens (including phenoxy) is 1. The summed E-state index contributed by atoms with van der Waals surface area (Å²) in [5.74, 6) is -0.941. The third kappa shape index (κ3) is 5.27. The van der Waals surface area contributed by atoms with E-state index in [4.69, 9.17) is 9.84 Å². The van der Waals surface area contributed by atoms with Crippen LogP contribution in [0.5, 0.6) is 0 Å². The Labute approximate surface area is 118 Å². The molecule has 1 unspecified atom stereocenters. The lowest BCUT2D eigenvalue weighted by Gasteiger charge is -2.23. The lowest BCUT2D eigenvalue weighted by atomic mass is 10.2. The summed E-state index contributed by atoms with van der Waals surface area (Å²) in [6.07, 6.45) is -0.210. The topological polar surface area (TPSA) is 78.9 Å². The molecule has 1 aromatic rings. The molecule has 0 aliphatic heterocycles. The number of nitrogens with zero attached hydrogens (tertiary/aromatic N) is 1. The zero-order valence-electron chi connectivity index (χ0n) is 11.7. The van der Waals surface area contributed by atoms with E-state index >= 15 is 0 Å². The number of carboxylic acid groups (broad SMARTS) is 1. The van der Waals surface area contributed by atoms with E-state index in [0.717, 1.165) is 0 Å². The van der Waals surface area contributed by atoms with Gasteiger partial charge in [-0.3, -0.25) is 9.69 Å². The van der Waals surface area contributed by atoms with Crippen molar-refractivity contribution in [3.63, 3.8) is 0 Å². The number of amides is 2. The second-order valence-electron chi connectivity index (χ2n) is 4.36. The number of urea groups is 1. The summed E-state index contributed by atoms with van der Waals surface area (Å²) in [4.78, 5) is 24.2. The number of carboxylic acids is 1. The number of hydrogen-bond acceptors (Lipinski definition) is 3. The van der Waals surface area contributed by atoms with Gasteiger partial charge in [-0.25, -0.2) is 4.79 Å². The molecule has 1 aromatic carbocycles. The predicted octanol–water partition coefficient (Wildman–Crippen LogP) is 1.71. The van der Waals surface area contributed by atoms with Crippen LogP contribution in [0.25, 0.3) is 0 Å². The van der Waals surface area contributed by atoms with Crippen LogP contribution in [0.3, 0.4) is 0 Å². The summed E-state index contributed by atoms with van der Waals surface area (Å²) in [6.45, 7) is 2.32. The number of nitrogens with one attached hydrogen (secondary N) is 1. The van der Waals surface area contributed by atoms with E-state index in [2.05, 4.69) is 5.32 Å². The molecule has 0 spiro atoms. The van der Waals surface area contributed by atoms with E-state index < -0.39 is 5.97 Å². The molecule has 20 heavy (non-hydrogen) atoms. The third-order valence-corrected chi connectivity index (χ3v) is 2.81. The number of hydrogen-bond donors (Lipinski definition) is 2. The zero-order valence-corrected chi connectivity index (χ0v) is 11.7. The van der Waals surface area contributed by atoms with Crippen molar-refractivity contribution in [2.45, 2.75) is 19.4 Å². The first-order chi connectivity index (χ1) is 9.54. The Balaban J connectivity index is 2.71. The van der Waals surface area contributed by atoms with Crippen molar-refractivity contribution in [1.29, 1.82) is 0 Å². The lowest BCUT2D eigenvalue weighted by Crippen LogP contribution is -2.43. The van der Waals surface area contributed by atoms with Gasteiger partial charge in [0, 0.05) is 25.9 Å². The molecule has 6 nitrogen and oxygen atoms in total. The monoisotopic (exact) mass is 280 g/mol. The molecule has 0 aliphatic rings. The fraction of sp³-hybridized carbons (Fsp3) is 0.429. The van der Waals surface area contributed by atoms with Crippen LogP contribution in [0.1, 0.15) is 13.3 Å². The van der Waals surface area contributed by atoms with E-state index in [1.165, 1.54) is 4.90 Å². The van der Waals surface area contributed by atoms with Gasteiger partial charge < -0.3 is 15.2 Å². The van der Waals surface area contributed by atoms with Gasteiger partial charge in [0.1, 0.15) is 0 Å². The summed E-state index contributed by atoms with van der Waals surface area (Å²) in [6, 6.07) is 8.63. The number of methoxy groups -OCH3 is 1. The van der Waals surface area contributed by atoms with Gasteiger partial charge >= 0.3 is 12.0 Å². The third-order valence-electron chi connectivity index (χ3n) is 2.81. The van der Waals surface area contributed by atoms with E-state index in [1.807, 2.05) is 13.0 Å². The molecule has 0 saturated heterocycles. The molecule has 0 bridgehead atoms. The van der Waals surface area contributed by atoms with Gasteiger partial charge in [-0.05, 0) is 19.1 Å². The van der Waals surface area contributed by atoms with Gasteiger partial charge in [0.15, 0.2) is 0 Å². The molecule has 110 valence electrons. The Kier molecular flexibility index (Phi) is 6.52. The maximum Gasteiger partial charge on any atom is 0.321 e. The smallest absolute Gasteiger partial charge is 0.321 e. The predicted molar refractivity (Wildman–Crippen MR) is 75.9 cm³/mol. The van der Waals surface area contributed by atoms with E-state index in [1.54, 1.807) is 31.4 Å². The summed E-state index contributed by atoms with van der Waals surface area (Å²) < 4.78 is 5.06. The molecule has 0 aliphatic carbocycles. The number of aliphatic carboxylic acids is 1. The number of rotatable bonds is 7. The molecule has 0 saturated carbocycles. The highest BCUT2D eigenvalue weighted by molar-refractivity contribution is 5.92. The first kappa shape index (κ1) is 16.0. The summed E-state index contributed by atoms with van der Waals surface area (Å²) in [5, 5.41) is 11.5. The van der Waals surface area contributed by atoms with Gasteiger partial charge in [-0.2, -0.15) is 0 Å². The normalized spacial score (nSPS) is 11.7. The lowest BCUT2D eigenvalue weighted by molar-refractivity contribution is -0.136. The van der Waals surface area contributed by atoms with Crippen LogP contribution >= 0.6 is 0 Å². The summed E-state index contributed by atoms with van der Waals surface area (Å²) in [7, 11) is 1.57.